The van der Waals surface area contributed by atoms with Crippen LogP contribution >= 0.6 is 11.8 Å². The maximum Gasteiger partial charge on any atom is 0.262 e. The Hall–Kier alpha value is -1.85. The SMILES string of the molecule is Cc1cccc(N2C(=NC(=O)CC#N)S[C@@H]3CS(=O)(=O)C[C@@H]32)c1. The number of amides is 1. The Balaban J connectivity index is 2.01. The van der Waals surface area contributed by atoms with Crippen molar-refractivity contribution in [2.24, 2.45) is 4.99 Å². The Morgan fingerprint density at radius 1 is 1.48 bits per heavy atom. The molecule has 2 saturated heterocycles. The number of anilines is 1. The molecule has 0 bridgehead atoms. The molecule has 1 aromatic rings. The van der Waals surface area contributed by atoms with Crippen molar-refractivity contribution in [1.82, 2.24) is 0 Å². The first kappa shape index (κ1) is 16.0. The van der Waals surface area contributed by atoms with Crippen LogP contribution in [0.3, 0.4) is 0 Å². The van der Waals surface area contributed by atoms with Crippen LogP contribution < -0.4 is 4.90 Å². The number of carbonyl (C=O) groups excluding carboxylic acids is 1. The van der Waals surface area contributed by atoms with Crippen LogP contribution in [-0.4, -0.2) is 42.3 Å². The number of fused-ring (bicyclic) bond motifs is 1. The van der Waals surface area contributed by atoms with E-state index in [4.69, 9.17) is 5.26 Å². The summed E-state index contributed by atoms with van der Waals surface area (Å²) in [4.78, 5) is 17.6. The van der Waals surface area contributed by atoms with Crippen molar-refractivity contribution in [3.05, 3.63) is 29.8 Å². The lowest BCUT2D eigenvalue weighted by molar-refractivity contribution is -0.116. The molecule has 1 amide bonds. The van der Waals surface area contributed by atoms with Crippen molar-refractivity contribution in [1.29, 1.82) is 5.26 Å². The van der Waals surface area contributed by atoms with Gasteiger partial charge in [0.2, 0.25) is 0 Å². The molecular weight excluding hydrogens is 334 g/mol. The summed E-state index contributed by atoms with van der Waals surface area (Å²) >= 11 is 1.31. The smallest absolute Gasteiger partial charge is 0.262 e. The first-order valence-corrected chi connectivity index (χ1v) is 9.81. The highest BCUT2D eigenvalue weighted by Crippen LogP contribution is 2.41. The van der Waals surface area contributed by atoms with Crippen LogP contribution in [0.1, 0.15) is 12.0 Å². The molecule has 0 aliphatic carbocycles. The molecule has 3 rings (SSSR count). The lowest BCUT2D eigenvalue weighted by atomic mass is 10.1. The summed E-state index contributed by atoms with van der Waals surface area (Å²) in [6, 6.07) is 9.23. The molecule has 0 unspecified atom stereocenters. The van der Waals surface area contributed by atoms with Gasteiger partial charge in [0.25, 0.3) is 5.91 Å². The van der Waals surface area contributed by atoms with Gasteiger partial charge in [-0.15, -0.1) is 0 Å². The van der Waals surface area contributed by atoms with Gasteiger partial charge < -0.3 is 4.90 Å². The third-order valence-electron chi connectivity index (χ3n) is 3.80. The number of rotatable bonds is 2. The maximum atomic E-state index is 11.9. The van der Waals surface area contributed by atoms with E-state index in [1.807, 2.05) is 36.1 Å². The lowest BCUT2D eigenvalue weighted by Gasteiger charge is -2.24. The van der Waals surface area contributed by atoms with Gasteiger partial charge in [0.15, 0.2) is 15.0 Å². The lowest BCUT2D eigenvalue weighted by Crippen LogP contribution is -2.37. The number of carbonyl (C=O) groups is 1. The van der Waals surface area contributed by atoms with E-state index in [0.29, 0.717) is 5.17 Å². The average molecular weight is 349 g/mol. The van der Waals surface area contributed by atoms with Crippen molar-refractivity contribution in [2.75, 3.05) is 16.4 Å². The Morgan fingerprint density at radius 3 is 2.96 bits per heavy atom. The molecule has 0 spiro atoms. The van der Waals surface area contributed by atoms with Gasteiger partial charge in [-0.25, -0.2) is 8.42 Å². The zero-order valence-electron chi connectivity index (χ0n) is 12.5. The minimum atomic E-state index is -3.07. The second-order valence-electron chi connectivity index (χ2n) is 5.63. The fourth-order valence-corrected chi connectivity index (χ4v) is 6.79. The molecule has 0 saturated carbocycles. The molecule has 1 aromatic carbocycles. The first-order chi connectivity index (χ1) is 10.9. The summed E-state index contributed by atoms with van der Waals surface area (Å²) in [5.74, 6) is -0.351. The van der Waals surface area contributed by atoms with E-state index in [1.165, 1.54) is 11.8 Å². The molecule has 6 nitrogen and oxygen atoms in total. The molecule has 8 heteroatoms. The van der Waals surface area contributed by atoms with Gasteiger partial charge in [-0.2, -0.15) is 10.3 Å². The van der Waals surface area contributed by atoms with Crippen LogP contribution in [0.4, 0.5) is 5.69 Å². The van der Waals surface area contributed by atoms with Gasteiger partial charge in [0.05, 0.1) is 23.6 Å². The van der Waals surface area contributed by atoms with Gasteiger partial charge in [0, 0.05) is 10.9 Å². The van der Waals surface area contributed by atoms with Crippen molar-refractivity contribution in [3.63, 3.8) is 0 Å². The minimum absolute atomic E-state index is 0.0596. The Morgan fingerprint density at radius 2 is 2.26 bits per heavy atom. The molecule has 0 N–H and O–H groups in total. The highest BCUT2D eigenvalue weighted by Gasteiger charge is 2.49. The van der Waals surface area contributed by atoms with E-state index in [0.717, 1.165) is 11.3 Å². The molecule has 120 valence electrons. The fraction of sp³-hybridized carbons (Fsp3) is 0.400. The minimum Gasteiger partial charge on any atom is -0.316 e. The summed E-state index contributed by atoms with van der Waals surface area (Å²) < 4.78 is 23.9. The van der Waals surface area contributed by atoms with Gasteiger partial charge in [-0.3, -0.25) is 4.79 Å². The van der Waals surface area contributed by atoms with Crippen LogP contribution in [0.25, 0.3) is 0 Å². The standard InChI is InChI=1S/C15H15N3O3S2/c1-10-3-2-4-11(7-10)18-12-8-23(20,21)9-13(12)22-15(18)17-14(19)5-6-16/h2-4,7,12-13H,5,8-9H2,1H3/t12-,13+/m0/s1. The number of sulfone groups is 1. The van der Waals surface area contributed by atoms with Crippen LogP contribution in [0, 0.1) is 18.3 Å². The van der Waals surface area contributed by atoms with E-state index < -0.39 is 15.7 Å². The zero-order chi connectivity index (χ0) is 16.6. The van der Waals surface area contributed by atoms with Crippen molar-refractivity contribution < 1.29 is 13.2 Å². The molecule has 0 radical (unpaired) electrons. The number of nitrogens with zero attached hydrogens (tertiary/aromatic N) is 3. The number of hydrogen-bond donors (Lipinski definition) is 0. The Kier molecular flexibility index (Phi) is 4.17. The largest absolute Gasteiger partial charge is 0.316 e. The molecule has 2 heterocycles. The third kappa shape index (κ3) is 3.26. The third-order valence-corrected chi connectivity index (χ3v) is 7.01. The number of benzene rings is 1. The topological polar surface area (TPSA) is 90.6 Å². The maximum absolute atomic E-state index is 11.9. The van der Waals surface area contributed by atoms with Gasteiger partial charge in [-0.05, 0) is 24.6 Å². The first-order valence-electron chi connectivity index (χ1n) is 7.11. The van der Waals surface area contributed by atoms with E-state index >= 15 is 0 Å². The molecule has 2 fully saturated rings. The van der Waals surface area contributed by atoms with E-state index in [-0.39, 0.29) is 29.2 Å². The Labute approximate surface area is 139 Å². The van der Waals surface area contributed by atoms with Gasteiger partial charge >= 0.3 is 0 Å². The predicted octanol–water partition coefficient (Wildman–Crippen LogP) is 1.51. The number of hydrogen-bond acceptors (Lipinski definition) is 5. The normalized spacial score (nSPS) is 27.0. The summed E-state index contributed by atoms with van der Waals surface area (Å²) in [5.41, 5.74) is 1.87. The average Bonchev–Trinajstić information content (AvgIpc) is 2.89. The number of aliphatic imine (C=N–C) groups is 1. The molecule has 0 aromatic heterocycles. The number of aryl methyl sites for hydroxylation is 1. The predicted molar refractivity (Wildman–Crippen MR) is 90.2 cm³/mol. The van der Waals surface area contributed by atoms with Crippen LogP contribution in [-0.2, 0) is 14.6 Å². The summed E-state index contributed by atoms with van der Waals surface area (Å²) in [5, 5.41) is 8.98. The highest BCUT2D eigenvalue weighted by atomic mass is 32.2. The van der Waals surface area contributed by atoms with Gasteiger partial charge in [0.1, 0.15) is 6.42 Å². The summed E-state index contributed by atoms with van der Waals surface area (Å²) in [6.45, 7) is 1.95. The number of nitriles is 1. The van der Waals surface area contributed by atoms with Crippen LogP contribution in [0.15, 0.2) is 29.3 Å². The monoisotopic (exact) mass is 349 g/mol. The molecule has 2 atom stereocenters. The fourth-order valence-electron chi connectivity index (χ4n) is 2.86. The van der Waals surface area contributed by atoms with E-state index in [1.54, 1.807) is 6.07 Å². The van der Waals surface area contributed by atoms with Crippen LogP contribution in [0.2, 0.25) is 0 Å². The summed E-state index contributed by atoms with van der Waals surface area (Å²) in [7, 11) is -3.07. The molecule has 2 aliphatic heterocycles. The quantitative estimate of drug-likeness (QED) is 0.804. The second kappa shape index (κ2) is 5.98. The van der Waals surface area contributed by atoms with Crippen molar-refractivity contribution >= 4 is 38.4 Å². The zero-order valence-corrected chi connectivity index (χ0v) is 14.1. The van der Waals surface area contributed by atoms with Gasteiger partial charge in [-0.1, -0.05) is 23.9 Å². The molecule has 2 aliphatic rings. The second-order valence-corrected chi connectivity index (χ2v) is 8.99. The summed E-state index contributed by atoms with van der Waals surface area (Å²) in [6.07, 6.45) is -0.278. The van der Waals surface area contributed by atoms with Crippen molar-refractivity contribution in [3.8, 4) is 6.07 Å². The number of thioether (sulfide) groups is 1. The highest BCUT2D eigenvalue weighted by molar-refractivity contribution is 8.16. The molecule has 23 heavy (non-hydrogen) atoms. The number of amidine groups is 1. The van der Waals surface area contributed by atoms with Crippen LogP contribution in [0.5, 0.6) is 0 Å². The van der Waals surface area contributed by atoms with E-state index in [2.05, 4.69) is 4.99 Å². The van der Waals surface area contributed by atoms with Crippen molar-refractivity contribution in [2.45, 2.75) is 24.6 Å². The molecular formula is C15H15N3O3S2. The Bertz CT molecular complexity index is 827. The van der Waals surface area contributed by atoms with E-state index in [9.17, 15) is 13.2 Å².